The van der Waals surface area contributed by atoms with E-state index < -0.39 is 0 Å². The molecule has 0 heterocycles. The molecule has 0 radical (unpaired) electrons. The maximum Gasteiger partial charge on any atom is 0.251 e. The van der Waals surface area contributed by atoms with Gasteiger partial charge in [-0.3, -0.25) is 4.79 Å². The molecule has 5 nitrogen and oxygen atoms in total. The van der Waals surface area contributed by atoms with Crippen molar-refractivity contribution >= 4 is 11.6 Å². The molecular weight excluding hydrogens is 244 g/mol. The average molecular weight is 266 g/mol. The molecule has 0 atom stereocenters. The standard InChI is InChI=1S/C14H22N2O3/c1-10(2)16-14(17)11-5-7-12(8-6-11)15-9-13(18-3)19-4/h5-8,10,13,15H,9H2,1-4H3,(H,16,17). The van der Waals surface area contributed by atoms with Gasteiger partial charge in [-0.05, 0) is 38.1 Å². The minimum Gasteiger partial charge on any atom is -0.380 e. The normalized spacial score (nSPS) is 10.8. The van der Waals surface area contributed by atoms with Gasteiger partial charge >= 0.3 is 0 Å². The van der Waals surface area contributed by atoms with Crippen LogP contribution in [0.2, 0.25) is 0 Å². The van der Waals surface area contributed by atoms with Crippen molar-refractivity contribution in [3.8, 4) is 0 Å². The van der Waals surface area contributed by atoms with Gasteiger partial charge in [0.1, 0.15) is 0 Å². The van der Waals surface area contributed by atoms with Gasteiger partial charge in [-0.15, -0.1) is 0 Å². The van der Waals surface area contributed by atoms with E-state index >= 15 is 0 Å². The summed E-state index contributed by atoms with van der Waals surface area (Å²) in [5.74, 6) is -0.0618. The number of anilines is 1. The van der Waals surface area contributed by atoms with Crippen LogP contribution in [0.1, 0.15) is 24.2 Å². The van der Waals surface area contributed by atoms with Crippen LogP contribution in [0, 0.1) is 0 Å². The van der Waals surface area contributed by atoms with Gasteiger partial charge in [-0.1, -0.05) is 0 Å². The molecule has 0 aliphatic heterocycles. The molecule has 0 saturated heterocycles. The summed E-state index contributed by atoms with van der Waals surface area (Å²) in [5.41, 5.74) is 1.56. The lowest BCUT2D eigenvalue weighted by molar-refractivity contribution is -0.0914. The van der Waals surface area contributed by atoms with E-state index in [0.29, 0.717) is 12.1 Å². The maximum absolute atomic E-state index is 11.8. The second kappa shape index (κ2) is 7.76. The van der Waals surface area contributed by atoms with Crippen LogP contribution in [-0.2, 0) is 9.47 Å². The first-order chi connectivity index (χ1) is 9.06. The highest BCUT2D eigenvalue weighted by molar-refractivity contribution is 5.94. The third kappa shape index (κ3) is 5.28. The van der Waals surface area contributed by atoms with Gasteiger partial charge in [-0.25, -0.2) is 0 Å². The first kappa shape index (κ1) is 15.5. The Morgan fingerprint density at radius 2 is 1.74 bits per heavy atom. The van der Waals surface area contributed by atoms with Crippen molar-refractivity contribution in [2.24, 2.45) is 0 Å². The third-order valence-corrected chi connectivity index (χ3v) is 2.57. The summed E-state index contributed by atoms with van der Waals surface area (Å²) in [4.78, 5) is 11.8. The number of amides is 1. The average Bonchev–Trinajstić information content (AvgIpc) is 2.39. The fraction of sp³-hybridized carbons (Fsp3) is 0.500. The Hall–Kier alpha value is -1.59. The molecule has 0 aromatic heterocycles. The largest absolute Gasteiger partial charge is 0.380 e. The van der Waals surface area contributed by atoms with Crippen LogP contribution in [0.3, 0.4) is 0 Å². The van der Waals surface area contributed by atoms with Crippen LogP contribution in [0.15, 0.2) is 24.3 Å². The van der Waals surface area contributed by atoms with Crippen LogP contribution in [0.4, 0.5) is 5.69 Å². The molecule has 5 heteroatoms. The molecule has 1 amide bonds. The van der Waals surface area contributed by atoms with E-state index in [1.54, 1.807) is 26.4 Å². The Kier molecular flexibility index (Phi) is 6.32. The van der Waals surface area contributed by atoms with Crippen molar-refractivity contribution in [2.75, 3.05) is 26.1 Å². The van der Waals surface area contributed by atoms with Gasteiger partial charge in [0.25, 0.3) is 5.91 Å². The van der Waals surface area contributed by atoms with Crippen molar-refractivity contribution in [1.29, 1.82) is 0 Å². The monoisotopic (exact) mass is 266 g/mol. The highest BCUT2D eigenvalue weighted by atomic mass is 16.7. The lowest BCUT2D eigenvalue weighted by atomic mass is 10.2. The highest BCUT2D eigenvalue weighted by Crippen LogP contribution is 2.10. The van der Waals surface area contributed by atoms with Crippen molar-refractivity contribution in [3.05, 3.63) is 29.8 Å². The predicted molar refractivity (Wildman–Crippen MR) is 75.3 cm³/mol. The summed E-state index contributed by atoms with van der Waals surface area (Å²) < 4.78 is 10.2. The SMILES string of the molecule is COC(CNc1ccc(C(=O)NC(C)C)cc1)OC. The number of benzene rings is 1. The third-order valence-electron chi connectivity index (χ3n) is 2.57. The summed E-state index contributed by atoms with van der Waals surface area (Å²) in [5, 5.41) is 6.02. The highest BCUT2D eigenvalue weighted by Gasteiger charge is 2.07. The molecule has 106 valence electrons. The van der Waals surface area contributed by atoms with Crippen LogP contribution in [-0.4, -0.2) is 39.0 Å². The Labute approximate surface area is 114 Å². The van der Waals surface area contributed by atoms with E-state index in [1.165, 1.54) is 0 Å². The van der Waals surface area contributed by atoms with E-state index in [2.05, 4.69) is 10.6 Å². The zero-order valence-electron chi connectivity index (χ0n) is 11.9. The molecule has 0 spiro atoms. The molecule has 19 heavy (non-hydrogen) atoms. The number of ether oxygens (including phenoxy) is 2. The van der Waals surface area contributed by atoms with E-state index in [9.17, 15) is 4.79 Å². The number of rotatable bonds is 7. The van der Waals surface area contributed by atoms with Crippen molar-refractivity contribution < 1.29 is 14.3 Å². The number of carbonyl (C=O) groups excluding carboxylic acids is 1. The van der Waals surface area contributed by atoms with E-state index in [1.807, 2.05) is 26.0 Å². The summed E-state index contributed by atoms with van der Waals surface area (Å²) >= 11 is 0. The summed E-state index contributed by atoms with van der Waals surface area (Å²) in [6, 6.07) is 7.42. The Balaban J connectivity index is 2.54. The molecule has 0 aliphatic rings. The maximum atomic E-state index is 11.8. The molecule has 0 aliphatic carbocycles. The number of carbonyl (C=O) groups is 1. The molecule has 1 rings (SSSR count). The quantitative estimate of drug-likeness (QED) is 0.740. The van der Waals surface area contributed by atoms with Gasteiger partial charge in [0, 0.05) is 31.5 Å². The molecule has 0 saturated carbocycles. The van der Waals surface area contributed by atoms with E-state index in [4.69, 9.17) is 9.47 Å². The van der Waals surface area contributed by atoms with Gasteiger partial charge in [0.05, 0.1) is 6.54 Å². The second-order valence-corrected chi connectivity index (χ2v) is 4.49. The molecular formula is C14H22N2O3. The van der Waals surface area contributed by atoms with Crippen molar-refractivity contribution in [2.45, 2.75) is 26.2 Å². The van der Waals surface area contributed by atoms with Crippen LogP contribution >= 0.6 is 0 Å². The number of hydrogen-bond acceptors (Lipinski definition) is 4. The van der Waals surface area contributed by atoms with Gasteiger partial charge < -0.3 is 20.1 Å². The Morgan fingerprint density at radius 1 is 1.16 bits per heavy atom. The smallest absolute Gasteiger partial charge is 0.251 e. The Bertz CT molecular complexity index is 386. The first-order valence-electron chi connectivity index (χ1n) is 6.27. The topological polar surface area (TPSA) is 59.6 Å². The summed E-state index contributed by atoms with van der Waals surface area (Å²) in [6.45, 7) is 4.41. The number of hydrogen-bond donors (Lipinski definition) is 2. The minimum atomic E-state index is -0.288. The van der Waals surface area contributed by atoms with Gasteiger partial charge in [0.15, 0.2) is 6.29 Å². The minimum absolute atomic E-state index is 0.0618. The molecule has 2 N–H and O–H groups in total. The van der Waals surface area contributed by atoms with Gasteiger partial charge in [0.2, 0.25) is 0 Å². The molecule has 0 fully saturated rings. The zero-order chi connectivity index (χ0) is 14.3. The van der Waals surface area contributed by atoms with Crippen LogP contribution < -0.4 is 10.6 Å². The molecule has 1 aromatic rings. The van der Waals surface area contributed by atoms with E-state index in [0.717, 1.165) is 5.69 Å². The lowest BCUT2D eigenvalue weighted by Gasteiger charge is -2.15. The number of methoxy groups -OCH3 is 2. The number of nitrogens with one attached hydrogen (secondary N) is 2. The Morgan fingerprint density at radius 3 is 2.21 bits per heavy atom. The molecule has 0 bridgehead atoms. The van der Waals surface area contributed by atoms with Crippen molar-refractivity contribution in [1.82, 2.24) is 5.32 Å². The van der Waals surface area contributed by atoms with Crippen molar-refractivity contribution in [3.63, 3.8) is 0 Å². The first-order valence-corrected chi connectivity index (χ1v) is 6.27. The van der Waals surface area contributed by atoms with Gasteiger partial charge in [-0.2, -0.15) is 0 Å². The van der Waals surface area contributed by atoms with Crippen LogP contribution in [0.25, 0.3) is 0 Å². The second-order valence-electron chi connectivity index (χ2n) is 4.49. The fourth-order valence-electron chi connectivity index (χ4n) is 1.55. The lowest BCUT2D eigenvalue weighted by Crippen LogP contribution is -2.30. The summed E-state index contributed by atoms with van der Waals surface area (Å²) in [7, 11) is 3.18. The molecule has 0 unspecified atom stereocenters. The summed E-state index contributed by atoms with van der Waals surface area (Å²) in [6.07, 6.45) is -0.288. The van der Waals surface area contributed by atoms with Crippen LogP contribution in [0.5, 0.6) is 0 Å². The predicted octanol–water partition coefficient (Wildman–Crippen LogP) is 1.86. The molecule has 1 aromatic carbocycles. The van der Waals surface area contributed by atoms with E-state index in [-0.39, 0.29) is 18.2 Å². The zero-order valence-corrected chi connectivity index (χ0v) is 11.9. The fourth-order valence-corrected chi connectivity index (χ4v) is 1.55.